The van der Waals surface area contributed by atoms with Crippen LogP contribution >= 0.6 is 0 Å². The first-order valence-corrected chi connectivity index (χ1v) is 7.79. The summed E-state index contributed by atoms with van der Waals surface area (Å²) in [5.41, 5.74) is 1.16. The first-order chi connectivity index (χ1) is 10.5. The van der Waals surface area contributed by atoms with Crippen molar-refractivity contribution in [3.63, 3.8) is 0 Å². The summed E-state index contributed by atoms with van der Waals surface area (Å²) in [6.07, 6.45) is 4.41. The largest absolute Gasteiger partial charge is 0.394 e. The van der Waals surface area contributed by atoms with Gasteiger partial charge in [0.25, 0.3) is 0 Å². The summed E-state index contributed by atoms with van der Waals surface area (Å²) in [6.45, 7) is 6.32. The summed E-state index contributed by atoms with van der Waals surface area (Å²) in [7, 11) is 0. The second-order valence-corrected chi connectivity index (χ2v) is 6.06. The average Bonchev–Trinajstić information content (AvgIpc) is 2.80. The lowest BCUT2D eigenvalue weighted by Crippen LogP contribution is -2.25. The van der Waals surface area contributed by atoms with Crippen LogP contribution in [0.4, 0.5) is 0 Å². The zero-order valence-corrected chi connectivity index (χ0v) is 13.6. The maximum absolute atomic E-state index is 9.33. The molecule has 1 fully saturated rings. The molecular weight excluding hydrogens is 280 g/mol. The van der Waals surface area contributed by atoms with Crippen LogP contribution in [0.1, 0.15) is 32.8 Å². The van der Waals surface area contributed by atoms with E-state index in [-0.39, 0.29) is 24.9 Å². The molecule has 0 bridgehead atoms. The van der Waals surface area contributed by atoms with Crippen LogP contribution in [0.3, 0.4) is 0 Å². The second-order valence-electron chi connectivity index (χ2n) is 6.06. The Balaban J connectivity index is 1.74. The van der Waals surface area contributed by atoms with Crippen LogP contribution in [0.15, 0.2) is 42.5 Å². The summed E-state index contributed by atoms with van der Waals surface area (Å²) in [4.78, 5) is 0. The number of rotatable bonds is 7. The Morgan fingerprint density at radius 1 is 1.23 bits per heavy atom. The van der Waals surface area contributed by atoms with Gasteiger partial charge in [-0.15, -0.1) is 0 Å². The monoisotopic (exact) mass is 306 g/mol. The van der Waals surface area contributed by atoms with E-state index in [1.165, 1.54) is 0 Å². The lowest BCUT2D eigenvalue weighted by Gasteiger charge is -2.16. The number of aliphatic hydroxyl groups is 1. The minimum atomic E-state index is -0.624. The fourth-order valence-electron chi connectivity index (χ4n) is 2.53. The Kier molecular flexibility index (Phi) is 6.15. The van der Waals surface area contributed by atoms with Gasteiger partial charge in [-0.3, -0.25) is 0 Å². The summed E-state index contributed by atoms with van der Waals surface area (Å²) < 4.78 is 17.2. The van der Waals surface area contributed by atoms with Crippen LogP contribution in [-0.2, 0) is 20.8 Å². The molecule has 0 unspecified atom stereocenters. The molecule has 1 aromatic carbocycles. The lowest BCUT2D eigenvalue weighted by atomic mass is 10.1. The van der Waals surface area contributed by atoms with E-state index in [2.05, 4.69) is 0 Å². The summed E-state index contributed by atoms with van der Waals surface area (Å²) in [6, 6.07) is 10.1. The molecule has 1 N–H and O–H groups in total. The van der Waals surface area contributed by atoms with Crippen LogP contribution in [-0.4, -0.2) is 35.8 Å². The Labute approximate surface area is 132 Å². The predicted octanol–water partition coefficient (Wildman–Crippen LogP) is 3.05. The third-order valence-electron chi connectivity index (χ3n) is 3.60. The highest BCUT2D eigenvalue weighted by molar-refractivity contribution is 5.13. The molecule has 0 saturated carbocycles. The number of ether oxygens (including phenoxy) is 3. The highest BCUT2D eigenvalue weighted by Crippen LogP contribution is 2.29. The van der Waals surface area contributed by atoms with Gasteiger partial charge in [0.15, 0.2) is 5.79 Å². The molecule has 3 atom stereocenters. The summed E-state index contributed by atoms with van der Waals surface area (Å²) >= 11 is 0. The van der Waals surface area contributed by atoms with E-state index >= 15 is 0 Å². The van der Waals surface area contributed by atoms with E-state index < -0.39 is 5.79 Å². The van der Waals surface area contributed by atoms with Crippen molar-refractivity contribution in [3.05, 3.63) is 48.0 Å². The van der Waals surface area contributed by atoms with Gasteiger partial charge >= 0.3 is 0 Å². The van der Waals surface area contributed by atoms with Crippen molar-refractivity contribution in [3.8, 4) is 0 Å². The Morgan fingerprint density at radius 2 is 1.91 bits per heavy atom. The first-order valence-electron chi connectivity index (χ1n) is 7.79. The maximum atomic E-state index is 9.33. The van der Waals surface area contributed by atoms with Crippen molar-refractivity contribution in [2.45, 2.75) is 57.9 Å². The van der Waals surface area contributed by atoms with Gasteiger partial charge in [0.1, 0.15) is 6.10 Å². The van der Waals surface area contributed by atoms with Crippen LogP contribution < -0.4 is 0 Å². The van der Waals surface area contributed by atoms with Crippen LogP contribution in [0.2, 0.25) is 0 Å². The minimum Gasteiger partial charge on any atom is -0.394 e. The molecule has 0 aliphatic carbocycles. The third-order valence-corrected chi connectivity index (χ3v) is 3.60. The van der Waals surface area contributed by atoms with E-state index in [1.807, 2.05) is 63.3 Å². The molecule has 0 aromatic heterocycles. The molecule has 4 nitrogen and oxygen atoms in total. The SMILES string of the molecule is C[C@@H](/C=C\C[C@@H]1OC(C)(C)O[C@H]1CO)OCc1ccccc1. The standard InChI is InChI=1S/C18H26O4/c1-14(20-13-15-9-5-4-6-10-15)8-7-11-16-17(12-19)22-18(2,3)21-16/h4-10,14,16-17,19H,11-13H2,1-3H3/b8-7-/t14-,16-,17-/m0/s1. The quantitative estimate of drug-likeness (QED) is 0.787. The van der Waals surface area contributed by atoms with Gasteiger partial charge in [-0.05, 0) is 32.8 Å². The van der Waals surface area contributed by atoms with Gasteiger partial charge in [0, 0.05) is 0 Å². The van der Waals surface area contributed by atoms with Gasteiger partial charge in [-0.25, -0.2) is 0 Å². The zero-order chi connectivity index (χ0) is 16.0. The van der Waals surface area contributed by atoms with Crippen molar-refractivity contribution < 1.29 is 19.3 Å². The molecule has 0 amide bonds. The molecule has 1 aliphatic heterocycles. The van der Waals surface area contributed by atoms with E-state index in [0.29, 0.717) is 13.0 Å². The fraction of sp³-hybridized carbons (Fsp3) is 0.556. The van der Waals surface area contributed by atoms with Gasteiger partial charge in [-0.1, -0.05) is 42.5 Å². The normalized spacial score (nSPS) is 25.6. The Hall–Kier alpha value is -1.20. The van der Waals surface area contributed by atoms with Crippen LogP contribution in [0.25, 0.3) is 0 Å². The maximum Gasteiger partial charge on any atom is 0.163 e. The van der Waals surface area contributed by atoms with Crippen LogP contribution in [0, 0.1) is 0 Å². The van der Waals surface area contributed by atoms with Gasteiger partial charge in [0.05, 0.1) is 25.4 Å². The molecule has 1 aliphatic rings. The molecular formula is C18H26O4. The highest BCUT2D eigenvalue weighted by atomic mass is 16.8. The number of hydrogen-bond donors (Lipinski definition) is 1. The third kappa shape index (κ3) is 5.21. The van der Waals surface area contributed by atoms with Crippen molar-refractivity contribution in [2.75, 3.05) is 6.61 Å². The van der Waals surface area contributed by atoms with E-state index in [1.54, 1.807) is 0 Å². The molecule has 1 heterocycles. The average molecular weight is 306 g/mol. The topological polar surface area (TPSA) is 47.9 Å². The minimum absolute atomic E-state index is 0.0258. The molecule has 1 saturated heterocycles. The molecule has 122 valence electrons. The molecule has 0 radical (unpaired) electrons. The van der Waals surface area contributed by atoms with Crippen molar-refractivity contribution in [1.82, 2.24) is 0 Å². The van der Waals surface area contributed by atoms with Crippen molar-refractivity contribution >= 4 is 0 Å². The molecule has 1 aromatic rings. The van der Waals surface area contributed by atoms with Gasteiger partial charge < -0.3 is 19.3 Å². The number of hydrogen-bond acceptors (Lipinski definition) is 4. The zero-order valence-electron chi connectivity index (χ0n) is 13.6. The predicted molar refractivity (Wildman–Crippen MR) is 85.4 cm³/mol. The Morgan fingerprint density at radius 3 is 2.59 bits per heavy atom. The fourth-order valence-corrected chi connectivity index (χ4v) is 2.53. The molecule has 4 heteroatoms. The van der Waals surface area contributed by atoms with Gasteiger partial charge in [-0.2, -0.15) is 0 Å². The van der Waals surface area contributed by atoms with E-state index in [4.69, 9.17) is 14.2 Å². The van der Waals surface area contributed by atoms with Crippen LogP contribution in [0.5, 0.6) is 0 Å². The second kappa shape index (κ2) is 7.88. The molecule has 0 spiro atoms. The summed E-state index contributed by atoms with van der Waals surface area (Å²) in [5, 5.41) is 9.33. The summed E-state index contributed by atoms with van der Waals surface area (Å²) in [5.74, 6) is -0.624. The van der Waals surface area contributed by atoms with Crippen molar-refractivity contribution in [2.24, 2.45) is 0 Å². The number of benzene rings is 1. The van der Waals surface area contributed by atoms with E-state index in [0.717, 1.165) is 5.56 Å². The molecule has 2 rings (SSSR count). The molecule has 22 heavy (non-hydrogen) atoms. The van der Waals surface area contributed by atoms with Crippen molar-refractivity contribution in [1.29, 1.82) is 0 Å². The highest BCUT2D eigenvalue weighted by Gasteiger charge is 2.39. The smallest absolute Gasteiger partial charge is 0.163 e. The van der Waals surface area contributed by atoms with Gasteiger partial charge in [0.2, 0.25) is 0 Å². The first kappa shape index (κ1) is 17.2. The van der Waals surface area contributed by atoms with E-state index in [9.17, 15) is 5.11 Å². The Bertz CT molecular complexity index is 469. The number of aliphatic hydroxyl groups excluding tert-OH is 1. The lowest BCUT2D eigenvalue weighted by molar-refractivity contribution is -0.148.